The molecule has 0 saturated carbocycles. The molecule has 1 amide bonds. The van der Waals surface area contributed by atoms with Gasteiger partial charge in [-0.05, 0) is 35.2 Å². The molecule has 10 heteroatoms. The summed E-state index contributed by atoms with van der Waals surface area (Å²) in [5, 5.41) is 14.5. The van der Waals surface area contributed by atoms with Crippen LogP contribution in [0, 0.1) is 12.8 Å². The number of aliphatic hydroxyl groups is 1. The maximum Gasteiger partial charge on any atom is 0.254 e. The van der Waals surface area contributed by atoms with Gasteiger partial charge in [0.15, 0.2) is 5.76 Å². The molecule has 37 heavy (non-hydrogen) atoms. The fraction of sp³-hybridized carbons (Fsp3) is 0.407. The third-order valence-electron chi connectivity index (χ3n) is 6.85. The summed E-state index contributed by atoms with van der Waals surface area (Å²) in [6, 6.07) is 9.70. The van der Waals surface area contributed by atoms with Crippen molar-refractivity contribution in [3.63, 3.8) is 0 Å². The third-order valence-corrected chi connectivity index (χ3v) is 7.83. The van der Waals surface area contributed by atoms with E-state index in [-0.39, 0.29) is 24.4 Å². The Hall–Kier alpha value is -3.50. The summed E-state index contributed by atoms with van der Waals surface area (Å²) in [6.45, 7) is 6.80. The molecule has 0 aliphatic carbocycles. The van der Waals surface area contributed by atoms with E-state index < -0.39 is 12.0 Å². The number of carbonyl (C=O) groups excluding carboxylic acids is 1. The van der Waals surface area contributed by atoms with E-state index in [0.717, 1.165) is 27.5 Å². The van der Waals surface area contributed by atoms with Crippen LogP contribution in [0.1, 0.15) is 55.1 Å². The van der Waals surface area contributed by atoms with Gasteiger partial charge in [-0.1, -0.05) is 32.0 Å². The highest BCUT2D eigenvalue weighted by Gasteiger charge is 2.42. The first-order valence-corrected chi connectivity index (χ1v) is 13.2. The first kappa shape index (κ1) is 25.2. The lowest BCUT2D eigenvalue weighted by Gasteiger charge is -2.29. The molecule has 1 aliphatic rings. The smallest absolute Gasteiger partial charge is 0.254 e. The van der Waals surface area contributed by atoms with Crippen molar-refractivity contribution in [1.29, 1.82) is 0 Å². The third kappa shape index (κ3) is 5.03. The number of rotatable bonds is 8. The summed E-state index contributed by atoms with van der Waals surface area (Å²) in [7, 11) is 1.51. The van der Waals surface area contributed by atoms with Gasteiger partial charge in [-0.3, -0.25) is 4.79 Å². The predicted molar refractivity (Wildman–Crippen MR) is 139 cm³/mol. The van der Waals surface area contributed by atoms with E-state index in [1.54, 1.807) is 28.5 Å². The first-order valence-electron chi connectivity index (χ1n) is 12.3. The number of amides is 1. The summed E-state index contributed by atoms with van der Waals surface area (Å²) in [5.74, 6) is 0.830. The Morgan fingerprint density at radius 1 is 1.30 bits per heavy atom. The standard InChI is InChI=1S/C27H31N5O4S/c1-16(2)24(22-12-23(35-4)30-36-22)27(34)32-14-20(33)11-21(32)26-28-8-9-31(26)13-18-6-5-7-19(10-18)25-17(3)29-15-37-25/h5-10,12,15-16,20-21,24,33H,11,13-14H2,1-4H3/t20-,21+,24?/m1/s1. The van der Waals surface area contributed by atoms with E-state index in [1.807, 2.05) is 32.5 Å². The van der Waals surface area contributed by atoms with Gasteiger partial charge in [0.05, 0.1) is 35.3 Å². The Morgan fingerprint density at radius 3 is 2.84 bits per heavy atom. The SMILES string of the molecule is COc1cc(C(C(=O)N2C[C@H](O)C[C@H]2c2nccn2Cc2cccc(-c3scnc3C)c2)C(C)C)on1. The van der Waals surface area contributed by atoms with E-state index in [9.17, 15) is 9.90 Å². The lowest BCUT2D eigenvalue weighted by Crippen LogP contribution is -2.38. The molecule has 1 fully saturated rings. The molecule has 1 aliphatic heterocycles. The first-order chi connectivity index (χ1) is 17.9. The number of nitrogens with zero attached hydrogens (tertiary/aromatic N) is 5. The van der Waals surface area contributed by atoms with E-state index >= 15 is 0 Å². The molecular formula is C27H31N5O4S. The van der Waals surface area contributed by atoms with E-state index in [0.29, 0.717) is 24.6 Å². The number of imidazole rings is 1. The van der Waals surface area contributed by atoms with Crippen LogP contribution in [-0.2, 0) is 11.3 Å². The molecule has 3 atom stereocenters. The van der Waals surface area contributed by atoms with Crippen molar-refractivity contribution in [3.8, 4) is 16.3 Å². The van der Waals surface area contributed by atoms with Crippen LogP contribution in [0.3, 0.4) is 0 Å². The zero-order chi connectivity index (χ0) is 26.1. The summed E-state index contributed by atoms with van der Waals surface area (Å²) < 4.78 is 12.7. The number of thiazole rings is 1. The van der Waals surface area contributed by atoms with Gasteiger partial charge in [0.1, 0.15) is 11.7 Å². The molecule has 1 saturated heterocycles. The Bertz CT molecular complexity index is 1380. The van der Waals surface area contributed by atoms with Gasteiger partial charge in [-0.2, -0.15) is 0 Å². The lowest BCUT2D eigenvalue weighted by molar-refractivity contribution is -0.135. The molecule has 5 rings (SSSR count). The van der Waals surface area contributed by atoms with Gasteiger partial charge in [-0.25, -0.2) is 9.97 Å². The van der Waals surface area contributed by atoms with Crippen LogP contribution in [0.15, 0.2) is 52.8 Å². The molecule has 1 unspecified atom stereocenters. The molecule has 3 aromatic heterocycles. The number of aliphatic hydroxyl groups excluding tert-OH is 1. The van der Waals surface area contributed by atoms with Crippen molar-refractivity contribution in [2.24, 2.45) is 5.92 Å². The molecule has 194 valence electrons. The van der Waals surface area contributed by atoms with Crippen LogP contribution < -0.4 is 4.74 Å². The molecule has 4 heterocycles. The predicted octanol–water partition coefficient (Wildman–Crippen LogP) is 4.43. The number of likely N-dealkylation sites (tertiary alicyclic amines) is 1. The number of aromatic nitrogens is 4. The maximum absolute atomic E-state index is 13.9. The average Bonchev–Trinajstić information content (AvgIpc) is 3.66. The van der Waals surface area contributed by atoms with Gasteiger partial charge in [0.25, 0.3) is 5.88 Å². The highest BCUT2D eigenvalue weighted by atomic mass is 32.1. The number of benzene rings is 1. The van der Waals surface area contributed by atoms with Crippen molar-refractivity contribution in [2.45, 2.75) is 51.8 Å². The van der Waals surface area contributed by atoms with Crippen molar-refractivity contribution < 1.29 is 19.2 Å². The minimum Gasteiger partial charge on any atom is -0.479 e. The zero-order valence-electron chi connectivity index (χ0n) is 21.4. The topological polar surface area (TPSA) is 107 Å². The monoisotopic (exact) mass is 521 g/mol. The number of methoxy groups -OCH3 is 1. The van der Waals surface area contributed by atoms with Gasteiger partial charge in [0, 0.05) is 38.0 Å². The molecule has 4 aromatic rings. The number of β-amino-alcohol motifs (C(OH)–C–C–N with tert-alkyl or cyclic N) is 1. The quantitative estimate of drug-likeness (QED) is 0.365. The second-order valence-corrected chi connectivity index (χ2v) is 10.6. The van der Waals surface area contributed by atoms with Crippen molar-refractivity contribution >= 4 is 17.2 Å². The molecule has 1 aromatic carbocycles. The van der Waals surface area contributed by atoms with Crippen molar-refractivity contribution in [2.75, 3.05) is 13.7 Å². The fourth-order valence-corrected chi connectivity index (χ4v) is 5.87. The van der Waals surface area contributed by atoms with E-state index in [2.05, 4.69) is 44.0 Å². The second-order valence-electron chi connectivity index (χ2n) is 9.77. The van der Waals surface area contributed by atoms with Crippen molar-refractivity contribution in [3.05, 3.63) is 71.1 Å². The van der Waals surface area contributed by atoms with Gasteiger partial charge >= 0.3 is 0 Å². The Balaban J connectivity index is 1.41. The van der Waals surface area contributed by atoms with Gasteiger partial charge < -0.3 is 23.8 Å². The molecule has 0 radical (unpaired) electrons. The number of hydrogen-bond acceptors (Lipinski definition) is 8. The minimum absolute atomic E-state index is 0.0405. The summed E-state index contributed by atoms with van der Waals surface area (Å²) >= 11 is 1.63. The van der Waals surface area contributed by atoms with Crippen LogP contribution in [-0.4, -0.2) is 55.4 Å². The molecular weight excluding hydrogens is 490 g/mol. The maximum atomic E-state index is 13.9. The Morgan fingerprint density at radius 2 is 2.14 bits per heavy atom. The number of aryl methyl sites for hydroxylation is 1. The minimum atomic E-state index is -0.631. The lowest BCUT2D eigenvalue weighted by atomic mass is 9.91. The number of carbonyl (C=O) groups is 1. The van der Waals surface area contributed by atoms with Gasteiger partial charge in [-0.15, -0.1) is 11.3 Å². The van der Waals surface area contributed by atoms with Crippen LogP contribution in [0.25, 0.3) is 10.4 Å². The van der Waals surface area contributed by atoms with E-state index in [4.69, 9.17) is 9.26 Å². The van der Waals surface area contributed by atoms with Crippen LogP contribution in [0.5, 0.6) is 5.88 Å². The molecule has 9 nitrogen and oxygen atoms in total. The average molecular weight is 522 g/mol. The molecule has 0 spiro atoms. The molecule has 1 N–H and O–H groups in total. The Labute approximate surface area is 219 Å². The van der Waals surface area contributed by atoms with Gasteiger partial charge in [0.2, 0.25) is 5.91 Å². The molecule has 0 bridgehead atoms. The van der Waals surface area contributed by atoms with E-state index in [1.165, 1.54) is 7.11 Å². The summed E-state index contributed by atoms with van der Waals surface area (Å²) in [5.41, 5.74) is 5.13. The second kappa shape index (κ2) is 10.5. The van der Waals surface area contributed by atoms with Crippen LogP contribution in [0.2, 0.25) is 0 Å². The zero-order valence-corrected chi connectivity index (χ0v) is 22.2. The summed E-state index contributed by atoms with van der Waals surface area (Å²) in [4.78, 5) is 25.8. The largest absolute Gasteiger partial charge is 0.479 e. The Kier molecular flexibility index (Phi) is 7.12. The van der Waals surface area contributed by atoms with Crippen molar-refractivity contribution in [1.82, 2.24) is 24.6 Å². The summed E-state index contributed by atoms with van der Waals surface area (Å²) in [6.07, 6.45) is 3.47. The fourth-order valence-electron chi connectivity index (χ4n) is 5.07. The normalized spacial score (nSPS) is 18.5. The number of hydrogen-bond donors (Lipinski definition) is 1. The number of ether oxygens (including phenoxy) is 1. The van der Waals surface area contributed by atoms with Crippen LogP contribution >= 0.6 is 11.3 Å². The highest BCUT2D eigenvalue weighted by Crippen LogP contribution is 2.37. The highest BCUT2D eigenvalue weighted by molar-refractivity contribution is 7.13. The van der Waals surface area contributed by atoms with Crippen LogP contribution in [0.4, 0.5) is 0 Å².